The molecule has 1 saturated heterocycles. The molecule has 1 aliphatic heterocycles. The summed E-state index contributed by atoms with van der Waals surface area (Å²) in [6.07, 6.45) is 5.89. The van der Waals surface area contributed by atoms with Gasteiger partial charge in [0.05, 0.1) is 0 Å². The summed E-state index contributed by atoms with van der Waals surface area (Å²) in [5, 5.41) is 21.6. The molecule has 0 spiro atoms. The van der Waals surface area contributed by atoms with Crippen LogP contribution >= 0.6 is 0 Å². The highest BCUT2D eigenvalue weighted by Gasteiger charge is 2.21. The van der Waals surface area contributed by atoms with Crippen LogP contribution in [0.2, 0.25) is 0 Å². The fourth-order valence-corrected chi connectivity index (χ4v) is 2.87. The molecule has 7 heteroatoms. The molecule has 1 fully saturated rings. The van der Waals surface area contributed by atoms with Crippen molar-refractivity contribution in [3.63, 3.8) is 0 Å². The molecular weight excluding hydrogens is 296 g/mol. The van der Waals surface area contributed by atoms with Gasteiger partial charge in [-0.25, -0.2) is 14.8 Å². The molecule has 0 saturated carbocycles. The number of unbranched alkanes of at least 4 members (excludes halogenated alkanes) is 1. The lowest BCUT2D eigenvalue weighted by Gasteiger charge is -2.32. The van der Waals surface area contributed by atoms with E-state index in [1.165, 1.54) is 6.33 Å². The van der Waals surface area contributed by atoms with E-state index in [1.807, 2.05) is 6.92 Å². The summed E-state index contributed by atoms with van der Waals surface area (Å²) in [6.45, 7) is 3.89. The van der Waals surface area contributed by atoms with Gasteiger partial charge in [0.15, 0.2) is 0 Å². The number of piperidine rings is 1. The lowest BCUT2D eigenvalue weighted by atomic mass is 9.99. The number of carbonyl (C=O) groups is 1. The predicted octanol–water partition coefficient (Wildman–Crippen LogP) is 1.74. The third kappa shape index (κ3) is 5.06. The number of hydrogen-bond acceptors (Lipinski definition) is 6. The van der Waals surface area contributed by atoms with Gasteiger partial charge in [0.25, 0.3) is 0 Å². The van der Waals surface area contributed by atoms with Crippen molar-refractivity contribution in [3.05, 3.63) is 12.4 Å². The van der Waals surface area contributed by atoms with E-state index in [9.17, 15) is 15.0 Å². The molecule has 1 unspecified atom stereocenters. The van der Waals surface area contributed by atoms with E-state index in [0.29, 0.717) is 12.2 Å². The summed E-state index contributed by atoms with van der Waals surface area (Å²) in [6, 6.07) is 1.16. The molecule has 2 atom stereocenters. The first kappa shape index (κ1) is 17.5. The van der Waals surface area contributed by atoms with E-state index in [2.05, 4.69) is 20.2 Å². The number of nitrogens with zero attached hydrogens (tertiary/aromatic N) is 3. The average Bonchev–Trinajstić information content (AvgIpc) is 2.58. The molecule has 0 amide bonds. The quantitative estimate of drug-likeness (QED) is 0.670. The van der Waals surface area contributed by atoms with Crippen LogP contribution in [0.3, 0.4) is 0 Å². The number of aliphatic carboxylic acids is 1. The van der Waals surface area contributed by atoms with Gasteiger partial charge in [0, 0.05) is 25.8 Å². The van der Waals surface area contributed by atoms with Crippen LogP contribution in [-0.2, 0) is 4.79 Å². The summed E-state index contributed by atoms with van der Waals surface area (Å²) >= 11 is 0. The van der Waals surface area contributed by atoms with Gasteiger partial charge in [0.2, 0.25) is 0 Å². The Balaban J connectivity index is 2.05. The zero-order chi connectivity index (χ0) is 16.7. The molecule has 128 valence electrons. The van der Waals surface area contributed by atoms with Gasteiger partial charge < -0.3 is 20.4 Å². The van der Waals surface area contributed by atoms with Crippen molar-refractivity contribution in [2.75, 3.05) is 29.9 Å². The third-order valence-corrected chi connectivity index (χ3v) is 4.22. The van der Waals surface area contributed by atoms with Crippen molar-refractivity contribution in [2.45, 2.75) is 45.1 Å². The van der Waals surface area contributed by atoms with E-state index in [0.717, 1.165) is 44.6 Å². The maximum atomic E-state index is 11.3. The molecule has 1 aromatic rings. The summed E-state index contributed by atoms with van der Waals surface area (Å²) < 4.78 is 0. The van der Waals surface area contributed by atoms with Gasteiger partial charge in [0.1, 0.15) is 24.0 Å². The summed E-state index contributed by atoms with van der Waals surface area (Å²) in [7, 11) is 0. The normalized spacial score (nSPS) is 19.4. The van der Waals surface area contributed by atoms with Gasteiger partial charge in [-0.2, -0.15) is 0 Å². The first-order chi connectivity index (χ1) is 11.1. The van der Waals surface area contributed by atoms with Crippen LogP contribution in [0.1, 0.15) is 39.0 Å². The Kier molecular flexibility index (Phi) is 6.58. The topological polar surface area (TPSA) is 98.6 Å². The van der Waals surface area contributed by atoms with Crippen molar-refractivity contribution in [3.8, 4) is 0 Å². The smallest absolute Gasteiger partial charge is 0.326 e. The number of aromatic nitrogens is 2. The van der Waals surface area contributed by atoms with Gasteiger partial charge in [-0.15, -0.1) is 0 Å². The minimum Gasteiger partial charge on any atom is -0.480 e. The highest BCUT2D eigenvalue weighted by molar-refractivity contribution is 5.77. The van der Waals surface area contributed by atoms with Crippen molar-refractivity contribution in [2.24, 2.45) is 5.92 Å². The summed E-state index contributed by atoms with van der Waals surface area (Å²) in [4.78, 5) is 21.9. The molecule has 3 N–H and O–H groups in total. The summed E-state index contributed by atoms with van der Waals surface area (Å²) in [5.74, 6) is 0.716. The molecule has 1 aliphatic rings. The molecule has 2 heterocycles. The van der Waals surface area contributed by atoms with Crippen molar-refractivity contribution in [1.82, 2.24) is 9.97 Å². The van der Waals surface area contributed by atoms with Crippen LogP contribution in [0.15, 0.2) is 12.4 Å². The highest BCUT2D eigenvalue weighted by atomic mass is 16.4. The van der Waals surface area contributed by atoms with Crippen LogP contribution in [0.5, 0.6) is 0 Å². The predicted molar refractivity (Wildman–Crippen MR) is 88.6 cm³/mol. The zero-order valence-corrected chi connectivity index (χ0v) is 13.6. The molecular formula is C16H26N4O3. The molecule has 1 aromatic heterocycles. The zero-order valence-electron chi connectivity index (χ0n) is 13.6. The Morgan fingerprint density at radius 2 is 2.35 bits per heavy atom. The number of nitrogens with one attached hydrogen (secondary N) is 1. The maximum Gasteiger partial charge on any atom is 0.326 e. The van der Waals surface area contributed by atoms with Crippen LogP contribution in [-0.4, -0.2) is 51.9 Å². The Bertz CT molecular complexity index is 512. The molecule has 2 rings (SSSR count). The van der Waals surface area contributed by atoms with E-state index in [4.69, 9.17) is 0 Å². The molecule has 7 nitrogen and oxygen atoms in total. The van der Waals surface area contributed by atoms with E-state index >= 15 is 0 Å². The van der Waals surface area contributed by atoms with Crippen LogP contribution < -0.4 is 10.2 Å². The first-order valence-corrected chi connectivity index (χ1v) is 8.31. The number of hydrogen-bond donors (Lipinski definition) is 3. The maximum absolute atomic E-state index is 11.3. The SMILES string of the molecule is CCCC[C@H](Nc1cc(N2CCCC(CO)C2)ncn1)C(=O)O. The largest absolute Gasteiger partial charge is 0.480 e. The monoisotopic (exact) mass is 322 g/mol. The molecule has 0 bridgehead atoms. The molecule has 0 aliphatic carbocycles. The van der Waals surface area contributed by atoms with Gasteiger partial charge in [-0.1, -0.05) is 19.8 Å². The van der Waals surface area contributed by atoms with E-state index in [-0.39, 0.29) is 12.5 Å². The van der Waals surface area contributed by atoms with Crippen molar-refractivity contribution >= 4 is 17.6 Å². The number of carboxylic acids is 1. The second-order valence-electron chi connectivity index (χ2n) is 6.08. The number of aliphatic hydroxyl groups is 1. The van der Waals surface area contributed by atoms with Gasteiger partial charge >= 0.3 is 5.97 Å². The van der Waals surface area contributed by atoms with Crippen LogP contribution in [0, 0.1) is 5.92 Å². The van der Waals surface area contributed by atoms with E-state index < -0.39 is 12.0 Å². The second kappa shape index (κ2) is 8.67. The van der Waals surface area contributed by atoms with Gasteiger partial charge in [-0.05, 0) is 25.2 Å². The van der Waals surface area contributed by atoms with Gasteiger partial charge in [-0.3, -0.25) is 0 Å². The Morgan fingerprint density at radius 3 is 3.04 bits per heavy atom. The number of rotatable bonds is 8. The molecule has 0 aromatic carbocycles. The fraction of sp³-hybridized carbons (Fsp3) is 0.688. The number of carboxylic acid groups (broad SMARTS) is 1. The minimum atomic E-state index is -0.864. The highest BCUT2D eigenvalue weighted by Crippen LogP contribution is 2.23. The third-order valence-electron chi connectivity index (χ3n) is 4.22. The van der Waals surface area contributed by atoms with Crippen LogP contribution in [0.25, 0.3) is 0 Å². The first-order valence-electron chi connectivity index (χ1n) is 8.31. The Labute approximate surface area is 136 Å². The number of anilines is 2. The fourth-order valence-electron chi connectivity index (χ4n) is 2.87. The average molecular weight is 322 g/mol. The minimum absolute atomic E-state index is 0.185. The Hall–Kier alpha value is -1.89. The second-order valence-corrected chi connectivity index (χ2v) is 6.08. The lowest BCUT2D eigenvalue weighted by Crippen LogP contribution is -2.37. The molecule has 23 heavy (non-hydrogen) atoms. The van der Waals surface area contributed by atoms with E-state index in [1.54, 1.807) is 6.07 Å². The van der Waals surface area contributed by atoms with Crippen molar-refractivity contribution < 1.29 is 15.0 Å². The molecule has 0 radical (unpaired) electrons. The Morgan fingerprint density at radius 1 is 1.52 bits per heavy atom. The van der Waals surface area contributed by atoms with Crippen molar-refractivity contribution in [1.29, 1.82) is 0 Å². The van der Waals surface area contributed by atoms with Crippen LogP contribution in [0.4, 0.5) is 11.6 Å². The summed E-state index contributed by atoms with van der Waals surface area (Å²) in [5.41, 5.74) is 0. The lowest BCUT2D eigenvalue weighted by molar-refractivity contribution is -0.138. The number of aliphatic hydroxyl groups excluding tert-OH is 1. The standard InChI is InChI=1S/C16H26N4O3/c1-2-3-6-13(16(22)23)19-14-8-15(18-11-17-14)20-7-4-5-12(9-20)10-21/h8,11-13,21H,2-7,9-10H2,1H3,(H,22,23)(H,17,18,19)/t12?,13-/m0/s1.